The smallest absolute Gasteiger partial charge is 0.275 e. The first-order valence-corrected chi connectivity index (χ1v) is 5.59. The second-order valence-corrected chi connectivity index (χ2v) is 4.38. The molecule has 0 bridgehead atoms. The van der Waals surface area contributed by atoms with Crippen LogP contribution in [-0.2, 0) is 4.74 Å². The van der Waals surface area contributed by atoms with Crippen LogP contribution in [0.4, 0.5) is 5.69 Å². The zero-order valence-electron chi connectivity index (χ0n) is 10.4. The highest BCUT2D eigenvalue weighted by Crippen LogP contribution is 2.32. The van der Waals surface area contributed by atoms with E-state index in [1.165, 1.54) is 19.9 Å². The number of hydrogen-bond donors (Lipinski definition) is 2. The summed E-state index contributed by atoms with van der Waals surface area (Å²) in [7, 11) is 0. The van der Waals surface area contributed by atoms with Crippen molar-refractivity contribution < 1.29 is 19.9 Å². The molecule has 6 nitrogen and oxygen atoms in total. The fourth-order valence-electron chi connectivity index (χ4n) is 1.67. The van der Waals surface area contributed by atoms with Gasteiger partial charge in [-0.1, -0.05) is 12.1 Å². The van der Waals surface area contributed by atoms with Gasteiger partial charge in [-0.05, 0) is 19.9 Å². The Kier molecular flexibility index (Phi) is 4.77. The van der Waals surface area contributed by atoms with E-state index in [2.05, 4.69) is 0 Å². The summed E-state index contributed by atoms with van der Waals surface area (Å²) in [5.74, 6) is -1.43. The third-order valence-electron chi connectivity index (χ3n) is 2.30. The molecular weight excluding hydrogens is 238 g/mol. The average Bonchev–Trinajstić information content (AvgIpc) is 2.26. The van der Waals surface area contributed by atoms with E-state index in [0.717, 1.165) is 0 Å². The molecule has 2 N–H and O–H groups in total. The molecule has 0 spiro atoms. The Morgan fingerprint density at radius 1 is 1.44 bits per heavy atom. The van der Waals surface area contributed by atoms with Crippen molar-refractivity contribution in [3.8, 4) is 0 Å². The van der Waals surface area contributed by atoms with E-state index in [9.17, 15) is 15.2 Å². The molecule has 0 heterocycles. The zero-order chi connectivity index (χ0) is 13.8. The summed E-state index contributed by atoms with van der Waals surface area (Å²) < 4.78 is 5.35. The van der Waals surface area contributed by atoms with Crippen LogP contribution in [0.5, 0.6) is 0 Å². The summed E-state index contributed by atoms with van der Waals surface area (Å²) in [5, 5.41) is 29.5. The molecule has 0 fully saturated rings. The van der Waals surface area contributed by atoms with Gasteiger partial charge in [-0.3, -0.25) is 10.1 Å². The van der Waals surface area contributed by atoms with Gasteiger partial charge in [0.15, 0.2) is 5.79 Å². The van der Waals surface area contributed by atoms with Crippen LogP contribution in [0.15, 0.2) is 24.3 Å². The van der Waals surface area contributed by atoms with Crippen molar-refractivity contribution in [1.82, 2.24) is 0 Å². The number of aliphatic hydroxyl groups is 2. The van der Waals surface area contributed by atoms with Crippen LogP contribution in [0.3, 0.4) is 0 Å². The first-order valence-electron chi connectivity index (χ1n) is 5.59. The molecule has 0 radical (unpaired) electrons. The predicted molar refractivity (Wildman–Crippen MR) is 64.9 cm³/mol. The Balaban J connectivity index is 3.09. The summed E-state index contributed by atoms with van der Waals surface area (Å²) in [6.45, 7) is 2.69. The standard InChI is InChI=1S/C12H17NO5/c1-12(2,15)18-11(7-8-14)9-5-3-4-6-10(9)13(16)17/h3-6,11,14-15H,7-8H2,1-2H3/t11-/m1/s1. The molecule has 100 valence electrons. The van der Waals surface area contributed by atoms with E-state index in [1.807, 2.05) is 0 Å². The summed E-state index contributed by atoms with van der Waals surface area (Å²) in [4.78, 5) is 10.4. The fourth-order valence-corrected chi connectivity index (χ4v) is 1.67. The Hall–Kier alpha value is -1.50. The van der Waals surface area contributed by atoms with Gasteiger partial charge in [-0.2, -0.15) is 0 Å². The van der Waals surface area contributed by atoms with Crippen LogP contribution >= 0.6 is 0 Å². The number of benzene rings is 1. The molecule has 0 aliphatic heterocycles. The van der Waals surface area contributed by atoms with Crippen LogP contribution in [0.2, 0.25) is 0 Å². The first kappa shape index (κ1) is 14.6. The van der Waals surface area contributed by atoms with Gasteiger partial charge in [0, 0.05) is 19.1 Å². The lowest BCUT2D eigenvalue weighted by atomic mass is 10.0. The van der Waals surface area contributed by atoms with E-state index in [-0.39, 0.29) is 18.7 Å². The topological polar surface area (TPSA) is 92.8 Å². The molecule has 18 heavy (non-hydrogen) atoms. The minimum atomic E-state index is -1.43. The number of nitro groups is 1. The minimum Gasteiger partial charge on any atom is -0.396 e. The highest BCUT2D eigenvalue weighted by Gasteiger charge is 2.27. The summed E-state index contributed by atoms with van der Waals surface area (Å²) in [6, 6.07) is 6.14. The molecule has 0 saturated carbocycles. The average molecular weight is 255 g/mol. The van der Waals surface area contributed by atoms with Crippen molar-refractivity contribution in [2.45, 2.75) is 32.2 Å². The van der Waals surface area contributed by atoms with Gasteiger partial charge >= 0.3 is 0 Å². The minimum absolute atomic E-state index is 0.0831. The molecule has 0 aliphatic carbocycles. The molecule has 1 aromatic carbocycles. The molecule has 0 amide bonds. The van der Waals surface area contributed by atoms with E-state index < -0.39 is 16.8 Å². The molecular formula is C12H17NO5. The van der Waals surface area contributed by atoms with Crippen molar-refractivity contribution in [2.24, 2.45) is 0 Å². The van der Waals surface area contributed by atoms with Crippen LogP contribution in [0.25, 0.3) is 0 Å². The zero-order valence-corrected chi connectivity index (χ0v) is 10.4. The molecule has 1 rings (SSSR count). The van der Waals surface area contributed by atoms with Gasteiger partial charge in [-0.25, -0.2) is 0 Å². The Labute approximate surface area is 105 Å². The van der Waals surface area contributed by atoms with Crippen molar-refractivity contribution in [2.75, 3.05) is 6.61 Å². The van der Waals surface area contributed by atoms with Gasteiger partial charge in [0.05, 0.1) is 16.6 Å². The SMILES string of the molecule is CC(C)(O)O[C@H](CCO)c1ccccc1[N+](=O)[O-]. The maximum atomic E-state index is 10.9. The number of hydrogen-bond acceptors (Lipinski definition) is 5. The van der Waals surface area contributed by atoms with Crippen molar-refractivity contribution in [3.63, 3.8) is 0 Å². The number of para-hydroxylation sites is 1. The van der Waals surface area contributed by atoms with Crippen LogP contribution < -0.4 is 0 Å². The Bertz CT molecular complexity index is 413. The number of nitrogens with zero attached hydrogens (tertiary/aromatic N) is 1. The molecule has 0 aromatic heterocycles. The third kappa shape index (κ3) is 4.06. The van der Waals surface area contributed by atoms with Crippen LogP contribution in [0, 0.1) is 10.1 Å². The number of ether oxygens (including phenoxy) is 1. The maximum absolute atomic E-state index is 10.9. The summed E-state index contributed by atoms with van der Waals surface area (Å²) in [5.41, 5.74) is 0.263. The second kappa shape index (κ2) is 5.90. The van der Waals surface area contributed by atoms with Crippen LogP contribution in [0.1, 0.15) is 31.9 Å². The molecule has 6 heteroatoms. The molecule has 0 saturated heterocycles. The molecule has 1 atom stereocenters. The third-order valence-corrected chi connectivity index (χ3v) is 2.30. The van der Waals surface area contributed by atoms with Gasteiger partial charge in [0.25, 0.3) is 5.69 Å². The van der Waals surface area contributed by atoms with E-state index in [4.69, 9.17) is 9.84 Å². The number of aliphatic hydroxyl groups excluding tert-OH is 1. The van der Waals surface area contributed by atoms with Crippen LogP contribution in [-0.4, -0.2) is 27.5 Å². The van der Waals surface area contributed by atoms with E-state index in [1.54, 1.807) is 18.2 Å². The fraction of sp³-hybridized carbons (Fsp3) is 0.500. The van der Waals surface area contributed by atoms with Crippen molar-refractivity contribution in [1.29, 1.82) is 0 Å². The quantitative estimate of drug-likeness (QED) is 0.459. The Morgan fingerprint density at radius 2 is 2.06 bits per heavy atom. The molecule has 0 unspecified atom stereocenters. The van der Waals surface area contributed by atoms with Crippen molar-refractivity contribution in [3.05, 3.63) is 39.9 Å². The highest BCUT2D eigenvalue weighted by molar-refractivity contribution is 5.41. The van der Waals surface area contributed by atoms with Gasteiger partial charge in [0.1, 0.15) is 0 Å². The summed E-state index contributed by atoms with van der Waals surface area (Å²) in [6.07, 6.45) is -0.550. The maximum Gasteiger partial charge on any atom is 0.275 e. The lowest BCUT2D eigenvalue weighted by molar-refractivity contribution is -0.386. The monoisotopic (exact) mass is 255 g/mol. The van der Waals surface area contributed by atoms with E-state index in [0.29, 0.717) is 5.56 Å². The second-order valence-electron chi connectivity index (χ2n) is 4.38. The van der Waals surface area contributed by atoms with Gasteiger partial charge in [-0.15, -0.1) is 0 Å². The molecule has 0 aliphatic rings. The Morgan fingerprint density at radius 3 is 2.56 bits per heavy atom. The van der Waals surface area contributed by atoms with Crippen molar-refractivity contribution >= 4 is 5.69 Å². The first-order chi connectivity index (χ1) is 8.35. The van der Waals surface area contributed by atoms with E-state index >= 15 is 0 Å². The van der Waals surface area contributed by atoms with Gasteiger partial charge in [0.2, 0.25) is 0 Å². The lowest BCUT2D eigenvalue weighted by Crippen LogP contribution is -2.27. The number of rotatable bonds is 6. The predicted octanol–water partition coefficient (Wildman–Crippen LogP) is 1.76. The normalized spacial score (nSPS) is 13.3. The van der Waals surface area contributed by atoms with Gasteiger partial charge < -0.3 is 14.9 Å². The molecule has 1 aromatic rings. The number of nitro benzene ring substituents is 1. The highest BCUT2D eigenvalue weighted by atomic mass is 16.6. The largest absolute Gasteiger partial charge is 0.396 e. The summed E-state index contributed by atoms with van der Waals surface area (Å²) >= 11 is 0. The lowest BCUT2D eigenvalue weighted by Gasteiger charge is -2.26.